The third kappa shape index (κ3) is 3.37. The van der Waals surface area contributed by atoms with Crippen LogP contribution in [0.1, 0.15) is 6.42 Å². The molecule has 7 heteroatoms. The van der Waals surface area contributed by atoms with Crippen molar-refractivity contribution in [1.29, 1.82) is 0 Å². The average molecular weight is 284 g/mol. The van der Waals surface area contributed by atoms with Gasteiger partial charge < -0.3 is 15.3 Å². The highest BCUT2D eigenvalue weighted by molar-refractivity contribution is 7.90. The molecule has 1 aromatic carbocycles. The summed E-state index contributed by atoms with van der Waals surface area (Å²) in [5.41, 5.74) is 0.803. The third-order valence-corrected chi connectivity index (χ3v) is 4.24. The molecule has 1 aromatic rings. The fraction of sp³-hybridized carbons (Fsp3) is 0.417. The molecule has 1 heterocycles. The molecule has 1 fully saturated rings. The van der Waals surface area contributed by atoms with Gasteiger partial charge in [0.1, 0.15) is 0 Å². The minimum Gasteiger partial charge on any atom is -0.465 e. The number of anilines is 1. The first-order valence-corrected chi connectivity index (χ1v) is 7.80. The molecule has 0 spiro atoms. The molecule has 0 aliphatic carbocycles. The van der Waals surface area contributed by atoms with Crippen LogP contribution in [0.25, 0.3) is 0 Å². The number of hydrogen-bond acceptors (Lipinski definition) is 4. The Morgan fingerprint density at radius 1 is 1.47 bits per heavy atom. The van der Waals surface area contributed by atoms with Gasteiger partial charge >= 0.3 is 6.09 Å². The highest BCUT2D eigenvalue weighted by Crippen LogP contribution is 2.23. The van der Waals surface area contributed by atoms with Crippen LogP contribution in [0.5, 0.6) is 0 Å². The van der Waals surface area contributed by atoms with Gasteiger partial charge in [0.15, 0.2) is 9.84 Å². The van der Waals surface area contributed by atoms with E-state index in [4.69, 9.17) is 5.11 Å². The third-order valence-electron chi connectivity index (χ3n) is 3.13. The van der Waals surface area contributed by atoms with Gasteiger partial charge in [-0.2, -0.15) is 0 Å². The maximum absolute atomic E-state index is 11.5. The average Bonchev–Trinajstić information content (AvgIpc) is 2.76. The molecule has 1 amide bonds. The lowest BCUT2D eigenvalue weighted by Crippen LogP contribution is -2.36. The van der Waals surface area contributed by atoms with E-state index in [1.807, 2.05) is 11.0 Å². The summed E-state index contributed by atoms with van der Waals surface area (Å²) in [6.45, 7) is 1.26. The molecular formula is C12H16N2O4S. The second kappa shape index (κ2) is 5.08. The summed E-state index contributed by atoms with van der Waals surface area (Å²) in [6.07, 6.45) is 0.858. The fourth-order valence-corrected chi connectivity index (χ4v) is 2.86. The van der Waals surface area contributed by atoms with Crippen LogP contribution in [-0.2, 0) is 9.84 Å². The van der Waals surface area contributed by atoms with Crippen LogP contribution in [-0.4, -0.2) is 45.0 Å². The van der Waals surface area contributed by atoms with Gasteiger partial charge in [-0.1, -0.05) is 6.07 Å². The van der Waals surface area contributed by atoms with Crippen LogP contribution in [0.4, 0.5) is 10.5 Å². The topological polar surface area (TPSA) is 86.7 Å². The number of sulfone groups is 1. The summed E-state index contributed by atoms with van der Waals surface area (Å²) in [7, 11) is -3.22. The zero-order chi connectivity index (χ0) is 14.0. The molecule has 1 atom stereocenters. The summed E-state index contributed by atoms with van der Waals surface area (Å²) in [4.78, 5) is 12.8. The number of carboxylic acid groups (broad SMARTS) is 1. The molecule has 2 N–H and O–H groups in total. The minimum atomic E-state index is -3.22. The number of amides is 1. The summed E-state index contributed by atoms with van der Waals surface area (Å²) in [5, 5.41) is 11.1. The predicted molar refractivity (Wildman–Crippen MR) is 71.3 cm³/mol. The lowest BCUT2D eigenvalue weighted by atomic mass is 10.3. The van der Waals surface area contributed by atoms with Crippen LogP contribution >= 0.6 is 0 Å². The number of nitrogens with one attached hydrogen (secondary N) is 1. The Kier molecular flexibility index (Phi) is 3.66. The van der Waals surface area contributed by atoms with Gasteiger partial charge in [-0.05, 0) is 24.6 Å². The minimum absolute atomic E-state index is 0.112. The van der Waals surface area contributed by atoms with Crippen molar-refractivity contribution in [3.8, 4) is 0 Å². The normalized spacial score (nSPS) is 19.4. The Morgan fingerprint density at radius 3 is 2.84 bits per heavy atom. The van der Waals surface area contributed by atoms with Gasteiger partial charge in [0.05, 0.1) is 10.9 Å². The molecule has 2 rings (SSSR count). The van der Waals surface area contributed by atoms with E-state index in [2.05, 4.69) is 5.32 Å². The number of nitrogens with zero attached hydrogens (tertiary/aromatic N) is 1. The summed E-state index contributed by atoms with van der Waals surface area (Å²) >= 11 is 0. The Labute approximate surface area is 112 Å². The lowest BCUT2D eigenvalue weighted by molar-refractivity contribution is 0.191. The van der Waals surface area contributed by atoms with E-state index in [-0.39, 0.29) is 10.9 Å². The Hall–Kier alpha value is -1.76. The van der Waals surface area contributed by atoms with Crippen molar-refractivity contribution in [3.63, 3.8) is 0 Å². The van der Waals surface area contributed by atoms with Crippen LogP contribution in [0.2, 0.25) is 0 Å². The monoisotopic (exact) mass is 284 g/mol. The van der Waals surface area contributed by atoms with Crippen LogP contribution in [0.15, 0.2) is 29.2 Å². The van der Waals surface area contributed by atoms with Crippen LogP contribution in [0, 0.1) is 0 Å². The van der Waals surface area contributed by atoms with Crippen molar-refractivity contribution in [2.45, 2.75) is 17.4 Å². The molecule has 1 aliphatic rings. The molecule has 0 bridgehead atoms. The molecule has 1 aliphatic heterocycles. The molecule has 1 unspecified atom stereocenters. The molecule has 0 radical (unpaired) electrons. The summed E-state index contributed by atoms with van der Waals surface area (Å²) < 4.78 is 23.0. The standard InChI is InChI=1S/C12H16N2O4S/c1-19(17,18)11-4-2-3-10(7-11)14-6-5-9(8-14)13-12(15)16/h2-4,7,9,13H,5-6,8H2,1H3,(H,15,16). The summed E-state index contributed by atoms with van der Waals surface area (Å²) in [5.74, 6) is 0. The first kappa shape index (κ1) is 13.7. The first-order chi connectivity index (χ1) is 8.86. The SMILES string of the molecule is CS(=O)(=O)c1cccc(N2CCC(NC(=O)O)C2)c1. The quantitative estimate of drug-likeness (QED) is 0.862. The molecule has 6 nitrogen and oxygen atoms in total. The van der Waals surface area contributed by atoms with E-state index < -0.39 is 15.9 Å². The fourth-order valence-electron chi connectivity index (χ4n) is 2.20. The van der Waals surface area contributed by atoms with E-state index in [1.54, 1.807) is 18.2 Å². The smallest absolute Gasteiger partial charge is 0.404 e. The van der Waals surface area contributed by atoms with E-state index in [0.29, 0.717) is 13.1 Å². The van der Waals surface area contributed by atoms with Crippen molar-refractivity contribution in [2.24, 2.45) is 0 Å². The van der Waals surface area contributed by atoms with Crippen molar-refractivity contribution < 1.29 is 18.3 Å². The van der Waals surface area contributed by atoms with Gasteiger partial charge in [-0.25, -0.2) is 13.2 Å². The van der Waals surface area contributed by atoms with Crippen molar-refractivity contribution in [1.82, 2.24) is 5.32 Å². The zero-order valence-corrected chi connectivity index (χ0v) is 11.4. The molecule has 0 aromatic heterocycles. The zero-order valence-electron chi connectivity index (χ0n) is 10.5. The second-order valence-corrected chi connectivity index (χ2v) is 6.67. The highest BCUT2D eigenvalue weighted by atomic mass is 32.2. The van der Waals surface area contributed by atoms with E-state index in [1.165, 1.54) is 6.26 Å². The molecule has 19 heavy (non-hydrogen) atoms. The van der Waals surface area contributed by atoms with E-state index in [9.17, 15) is 13.2 Å². The molecule has 0 saturated carbocycles. The van der Waals surface area contributed by atoms with Gasteiger partial charge in [0.25, 0.3) is 0 Å². The Bertz CT molecular complexity index is 585. The maximum atomic E-state index is 11.5. The maximum Gasteiger partial charge on any atom is 0.404 e. The first-order valence-electron chi connectivity index (χ1n) is 5.91. The van der Waals surface area contributed by atoms with Crippen molar-refractivity contribution in [2.75, 3.05) is 24.2 Å². The molecule has 104 valence electrons. The number of benzene rings is 1. The van der Waals surface area contributed by atoms with Gasteiger partial charge in [0.2, 0.25) is 0 Å². The largest absolute Gasteiger partial charge is 0.465 e. The van der Waals surface area contributed by atoms with Gasteiger partial charge in [-0.3, -0.25) is 0 Å². The highest BCUT2D eigenvalue weighted by Gasteiger charge is 2.24. The van der Waals surface area contributed by atoms with Crippen molar-refractivity contribution >= 4 is 21.6 Å². The second-order valence-electron chi connectivity index (χ2n) is 4.65. The summed E-state index contributed by atoms with van der Waals surface area (Å²) in [6, 6.07) is 6.60. The molecular weight excluding hydrogens is 268 g/mol. The number of rotatable bonds is 3. The van der Waals surface area contributed by atoms with E-state index in [0.717, 1.165) is 12.1 Å². The Morgan fingerprint density at radius 2 is 2.21 bits per heavy atom. The van der Waals surface area contributed by atoms with E-state index >= 15 is 0 Å². The van der Waals surface area contributed by atoms with Gasteiger partial charge in [0, 0.05) is 25.0 Å². The van der Waals surface area contributed by atoms with Crippen LogP contribution in [0.3, 0.4) is 0 Å². The lowest BCUT2D eigenvalue weighted by Gasteiger charge is -2.19. The Balaban J connectivity index is 2.14. The predicted octanol–water partition coefficient (Wildman–Crippen LogP) is 0.936. The van der Waals surface area contributed by atoms with Crippen molar-refractivity contribution in [3.05, 3.63) is 24.3 Å². The number of hydrogen-bond donors (Lipinski definition) is 2. The van der Waals surface area contributed by atoms with Gasteiger partial charge in [-0.15, -0.1) is 0 Å². The number of carbonyl (C=O) groups is 1. The van der Waals surface area contributed by atoms with Crippen LogP contribution < -0.4 is 10.2 Å². The molecule has 1 saturated heterocycles.